The van der Waals surface area contributed by atoms with Crippen LogP contribution in [-0.2, 0) is 25.4 Å². The van der Waals surface area contributed by atoms with Gasteiger partial charge in [-0.05, 0) is 98.3 Å². The molecule has 9 heteroatoms. The van der Waals surface area contributed by atoms with Gasteiger partial charge in [-0.2, -0.15) is 0 Å². The summed E-state index contributed by atoms with van der Waals surface area (Å²) in [5, 5.41) is 24.3. The van der Waals surface area contributed by atoms with Crippen molar-refractivity contribution in [1.29, 1.82) is 0 Å². The molecule has 2 saturated carbocycles. The van der Waals surface area contributed by atoms with Crippen molar-refractivity contribution in [3.63, 3.8) is 0 Å². The summed E-state index contributed by atoms with van der Waals surface area (Å²) in [5.74, 6) is 2.74. The number of aliphatic hydroxyl groups is 1. The number of phenols is 1. The number of ether oxygens (including phenoxy) is 3. The number of hydrogen-bond acceptors (Lipinski definition) is 8. The summed E-state index contributed by atoms with van der Waals surface area (Å²) < 4.78 is 16.4. The lowest BCUT2D eigenvalue weighted by Crippen LogP contribution is -2.44. The van der Waals surface area contributed by atoms with E-state index in [0.717, 1.165) is 56.3 Å². The monoisotopic (exact) mass is 578 g/mol. The van der Waals surface area contributed by atoms with Gasteiger partial charge < -0.3 is 35.5 Å². The maximum atomic E-state index is 12.4. The number of amides is 1. The summed E-state index contributed by atoms with van der Waals surface area (Å²) in [7, 11) is 0. The van der Waals surface area contributed by atoms with Gasteiger partial charge in [0, 0.05) is 31.9 Å². The predicted molar refractivity (Wildman–Crippen MR) is 158 cm³/mol. The molecule has 5 N–H and O–H groups in total. The highest BCUT2D eigenvalue weighted by molar-refractivity contribution is 7.99. The number of nitrogens with one attached hydrogen (secondary N) is 1. The topological polar surface area (TPSA) is 123 Å². The Morgan fingerprint density at radius 2 is 1.77 bits per heavy atom. The van der Waals surface area contributed by atoms with Gasteiger partial charge in [-0.25, -0.2) is 0 Å². The van der Waals surface area contributed by atoms with Crippen molar-refractivity contribution < 1.29 is 29.2 Å². The standard InChI is InChI=1S/C31H50N2O6S/c1-31-12-10-23-22-6-8-27(34)30(25(22)5-4-24(23)26(31)7-9-28(31)35)40-21-11-29(36)33-14-3-16-38-18-20-39-19-17-37-15-2-13-32/h6,8,23-24,26,28,34-35H,2-5,7,9-21,32H2,1H3,(H,33,36)/t23?,24?,26?,28-,31?/m0/s1. The summed E-state index contributed by atoms with van der Waals surface area (Å²) in [6.07, 6.45) is 8.23. The third kappa shape index (κ3) is 7.92. The number of phenolic OH excluding ortho intramolecular Hbond substituents is 1. The SMILES string of the molecule is CC12CCC3c4ccc(O)c(SCCC(=O)NCCCOCCOCCOCCCN)c4CCC3C1CC[C@@H]2O. The van der Waals surface area contributed by atoms with Gasteiger partial charge in [0.25, 0.3) is 0 Å². The minimum atomic E-state index is -0.160. The molecule has 4 rings (SSSR count). The molecule has 0 bridgehead atoms. The van der Waals surface area contributed by atoms with Gasteiger partial charge in [-0.3, -0.25) is 4.79 Å². The van der Waals surface area contributed by atoms with Crippen molar-refractivity contribution in [2.24, 2.45) is 23.0 Å². The molecule has 0 radical (unpaired) electrons. The smallest absolute Gasteiger partial charge is 0.220 e. The fraction of sp³-hybridized carbons (Fsp3) is 0.774. The lowest BCUT2D eigenvalue weighted by molar-refractivity contribution is -0.120. The lowest BCUT2D eigenvalue weighted by Gasteiger charge is -2.50. The number of thioether (sulfide) groups is 1. The lowest BCUT2D eigenvalue weighted by atomic mass is 9.55. The van der Waals surface area contributed by atoms with Crippen LogP contribution in [0.15, 0.2) is 17.0 Å². The number of rotatable bonds is 17. The van der Waals surface area contributed by atoms with Crippen LogP contribution in [-0.4, -0.2) is 80.7 Å². The van der Waals surface area contributed by atoms with E-state index in [1.165, 1.54) is 11.1 Å². The summed E-state index contributed by atoms with van der Waals surface area (Å²) >= 11 is 1.61. The van der Waals surface area contributed by atoms with Crippen LogP contribution in [0.5, 0.6) is 5.75 Å². The number of aliphatic hydroxyl groups excluding tert-OH is 1. The zero-order chi connectivity index (χ0) is 28.4. The fourth-order valence-corrected chi connectivity index (χ4v) is 8.32. The van der Waals surface area contributed by atoms with Crippen LogP contribution in [0.3, 0.4) is 0 Å². The van der Waals surface area contributed by atoms with Gasteiger partial charge in [0.05, 0.1) is 37.4 Å². The highest BCUT2D eigenvalue weighted by Crippen LogP contribution is 2.61. The Bertz CT molecular complexity index is 949. The normalized spacial score (nSPS) is 27.2. The number of nitrogens with two attached hydrogens (primary N) is 1. The van der Waals surface area contributed by atoms with Crippen LogP contribution in [0.2, 0.25) is 0 Å². The van der Waals surface area contributed by atoms with E-state index in [2.05, 4.69) is 18.3 Å². The van der Waals surface area contributed by atoms with Crippen LogP contribution >= 0.6 is 11.8 Å². The van der Waals surface area contributed by atoms with Crippen molar-refractivity contribution in [1.82, 2.24) is 5.32 Å². The molecule has 40 heavy (non-hydrogen) atoms. The zero-order valence-electron chi connectivity index (χ0n) is 24.2. The van der Waals surface area contributed by atoms with Crippen molar-refractivity contribution in [2.45, 2.75) is 81.6 Å². The molecule has 1 aromatic rings. The maximum Gasteiger partial charge on any atom is 0.220 e. The Kier molecular flexibility index (Phi) is 12.4. The van der Waals surface area contributed by atoms with E-state index in [0.29, 0.717) is 88.4 Å². The highest BCUT2D eigenvalue weighted by Gasteiger charge is 2.54. The van der Waals surface area contributed by atoms with E-state index in [4.69, 9.17) is 19.9 Å². The number of fused-ring (bicyclic) bond motifs is 5. The molecule has 1 amide bonds. The summed E-state index contributed by atoms with van der Waals surface area (Å²) in [4.78, 5) is 13.3. The van der Waals surface area contributed by atoms with Crippen LogP contribution in [0, 0.1) is 17.3 Å². The molecule has 0 heterocycles. The first-order chi connectivity index (χ1) is 19.5. The first kappa shape index (κ1) is 31.6. The van der Waals surface area contributed by atoms with Crippen molar-refractivity contribution in [3.8, 4) is 5.75 Å². The molecule has 8 nitrogen and oxygen atoms in total. The molecule has 226 valence electrons. The Morgan fingerprint density at radius 1 is 1.05 bits per heavy atom. The van der Waals surface area contributed by atoms with Gasteiger partial charge in [-0.1, -0.05) is 13.0 Å². The number of hydrogen-bond donors (Lipinski definition) is 4. The molecule has 1 aromatic carbocycles. The Labute approximate surface area is 244 Å². The van der Waals surface area contributed by atoms with Crippen molar-refractivity contribution in [3.05, 3.63) is 23.3 Å². The van der Waals surface area contributed by atoms with E-state index < -0.39 is 0 Å². The molecule has 4 unspecified atom stereocenters. The zero-order valence-corrected chi connectivity index (χ0v) is 25.0. The van der Waals surface area contributed by atoms with E-state index in [-0.39, 0.29) is 17.4 Å². The van der Waals surface area contributed by atoms with E-state index in [9.17, 15) is 15.0 Å². The Balaban J connectivity index is 1.12. The quantitative estimate of drug-likeness (QED) is 0.162. The van der Waals surface area contributed by atoms with Gasteiger partial charge >= 0.3 is 0 Å². The maximum absolute atomic E-state index is 12.4. The van der Waals surface area contributed by atoms with Crippen LogP contribution in [0.4, 0.5) is 0 Å². The number of carbonyl (C=O) groups is 1. The summed E-state index contributed by atoms with van der Waals surface area (Å²) in [6.45, 7) is 6.97. The summed E-state index contributed by atoms with van der Waals surface area (Å²) in [6, 6.07) is 3.99. The van der Waals surface area contributed by atoms with Crippen molar-refractivity contribution >= 4 is 17.7 Å². The third-order valence-electron chi connectivity index (χ3n) is 9.39. The van der Waals surface area contributed by atoms with Crippen LogP contribution < -0.4 is 11.1 Å². The number of benzene rings is 1. The average molecular weight is 579 g/mol. The van der Waals surface area contributed by atoms with Crippen molar-refractivity contribution in [2.75, 3.05) is 58.5 Å². The number of carbonyl (C=O) groups excluding carboxylic acids is 1. The largest absolute Gasteiger partial charge is 0.507 e. The minimum Gasteiger partial charge on any atom is -0.507 e. The van der Waals surface area contributed by atoms with Gasteiger partial charge in [-0.15, -0.1) is 11.8 Å². The second-order valence-corrected chi connectivity index (χ2v) is 12.9. The third-order valence-corrected chi connectivity index (χ3v) is 10.5. The minimum absolute atomic E-state index is 0.0289. The van der Waals surface area contributed by atoms with Gasteiger partial charge in [0.2, 0.25) is 5.91 Å². The van der Waals surface area contributed by atoms with Crippen LogP contribution in [0.25, 0.3) is 0 Å². The molecule has 3 aliphatic rings. The first-order valence-electron chi connectivity index (χ1n) is 15.3. The predicted octanol–water partition coefficient (Wildman–Crippen LogP) is 4.00. The number of aromatic hydroxyl groups is 1. The first-order valence-corrected chi connectivity index (χ1v) is 16.3. The Morgan fingerprint density at radius 3 is 2.52 bits per heavy atom. The molecule has 0 spiro atoms. The molecule has 5 atom stereocenters. The molecule has 3 aliphatic carbocycles. The second kappa shape index (κ2) is 15.8. The molecular formula is C31H50N2O6S. The molecule has 0 aliphatic heterocycles. The second-order valence-electron chi connectivity index (χ2n) is 11.8. The molecule has 2 fully saturated rings. The van der Waals surface area contributed by atoms with E-state index in [1.54, 1.807) is 11.8 Å². The van der Waals surface area contributed by atoms with Gasteiger partial charge in [0.1, 0.15) is 5.75 Å². The molecule has 0 saturated heterocycles. The Hall–Kier alpha value is -1.36. The molecular weight excluding hydrogens is 528 g/mol. The highest BCUT2D eigenvalue weighted by atomic mass is 32.2. The van der Waals surface area contributed by atoms with Crippen LogP contribution in [0.1, 0.15) is 75.3 Å². The van der Waals surface area contributed by atoms with E-state index >= 15 is 0 Å². The summed E-state index contributed by atoms with van der Waals surface area (Å²) in [5.41, 5.74) is 8.16. The fourth-order valence-electron chi connectivity index (χ4n) is 7.22. The average Bonchev–Trinajstić information content (AvgIpc) is 3.26. The van der Waals surface area contributed by atoms with E-state index in [1.807, 2.05) is 6.07 Å². The molecule has 0 aromatic heterocycles. The van der Waals surface area contributed by atoms with Gasteiger partial charge in [0.15, 0.2) is 0 Å².